The van der Waals surface area contributed by atoms with Crippen LogP contribution in [0.2, 0.25) is 0 Å². The average molecular weight is 380 g/mol. The van der Waals surface area contributed by atoms with Crippen LogP contribution in [0.4, 0.5) is 4.79 Å². The first-order chi connectivity index (χ1) is 12.3. The van der Waals surface area contributed by atoms with Crippen molar-refractivity contribution in [2.24, 2.45) is 0 Å². The Bertz CT molecular complexity index is 538. The number of nitrogens with one attached hydrogen (secondary N) is 1. The van der Waals surface area contributed by atoms with Crippen molar-refractivity contribution in [3.05, 3.63) is 35.9 Å². The molecule has 2 atom stereocenters. The van der Waals surface area contributed by atoms with E-state index < -0.39 is 17.8 Å². The molecule has 0 bridgehead atoms. The number of hydrogen-bond acceptors (Lipinski definition) is 4. The van der Waals surface area contributed by atoms with Crippen molar-refractivity contribution in [3.8, 4) is 0 Å². The maximum atomic E-state index is 12.2. The van der Waals surface area contributed by atoms with Crippen molar-refractivity contribution >= 4 is 17.9 Å². The summed E-state index contributed by atoms with van der Waals surface area (Å²) in [4.78, 5) is 12.2. The molecule has 0 aromatic heterocycles. The van der Waals surface area contributed by atoms with Crippen LogP contribution in [-0.4, -0.2) is 39.9 Å². The Balaban J connectivity index is 1.95. The van der Waals surface area contributed by atoms with Crippen LogP contribution in [-0.2, 0) is 11.2 Å². The highest BCUT2D eigenvalue weighted by Crippen LogP contribution is 2.29. The minimum atomic E-state index is -0.602. The fourth-order valence-corrected chi connectivity index (χ4v) is 4.56. The standard InChI is InChI=1S/C21H33NO3S/c1-21(2,3)25-20(24)22-18(14-16-10-6-4-7-11-16)19(23)15-26-17-12-8-5-9-13-17/h4,6-7,10-11,17-19,23H,5,8-9,12-15H2,1-3H3,(H,22,24). The summed E-state index contributed by atoms with van der Waals surface area (Å²) in [6.07, 6.45) is 5.90. The Morgan fingerprint density at radius 3 is 2.50 bits per heavy atom. The number of carbonyl (C=O) groups is 1. The number of carbonyl (C=O) groups excluding carboxylic acids is 1. The molecule has 1 aromatic rings. The van der Waals surface area contributed by atoms with Crippen molar-refractivity contribution in [3.63, 3.8) is 0 Å². The van der Waals surface area contributed by atoms with Gasteiger partial charge in [0.1, 0.15) is 5.60 Å². The molecular formula is C21H33NO3S. The van der Waals surface area contributed by atoms with E-state index in [2.05, 4.69) is 5.32 Å². The number of thioether (sulfide) groups is 1. The average Bonchev–Trinajstić information content (AvgIpc) is 2.59. The lowest BCUT2D eigenvalue weighted by Crippen LogP contribution is -2.47. The number of rotatable bonds is 7. The molecule has 0 radical (unpaired) electrons. The molecule has 4 nitrogen and oxygen atoms in total. The Morgan fingerprint density at radius 2 is 1.88 bits per heavy atom. The SMILES string of the molecule is CC(C)(C)OC(=O)NC(Cc1ccccc1)C(O)CSC1CCCCC1. The first-order valence-electron chi connectivity index (χ1n) is 9.66. The summed E-state index contributed by atoms with van der Waals surface area (Å²) in [6, 6.07) is 9.60. The van der Waals surface area contributed by atoms with Gasteiger partial charge in [-0.1, -0.05) is 49.6 Å². The number of ether oxygens (including phenoxy) is 1. The molecule has 1 fully saturated rings. The van der Waals surface area contributed by atoms with Crippen molar-refractivity contribution in [2.75, 3.05) is 5.75 Å². The number of aliphatic hydroxyl groups excluding tert-OH is 1. The summed E-state index contributed by atoms with van der Waals surface area (Å²) in [5.74, 6) is 0.637. The molecule has 0 spiro atoms. The predicted molar refractivity (Wildman–Crippen MR) is 109 cm³/mol. The van der Waals surface area contributed by atoms with Gasteiger partial charge < -0.3 is 15.2 Å². The zero-order valence-corrected chi connectivity index (χ0v) is 17.1. The van der Waals surface area contributed by atoms with Crippen LogP contribution >= 0.6 is 11.8 Å². The molecule has 26 heavy (non-hydrogen) atoms. The smallest absolute Gasteiger partial charge is 0.407 e. The molecule has 1 saturated carbocycles. The van der Waals surface area contributed by atoms with Crippen molar-refractivity contribution in [2.45, 2.75) is 82.3 Å². The van der Waals surface area contributed by atoms with Crippen LogP contribution in [0.3, 0.4) is 0 Å². The van der Waals surface area contributed by atoms with Gasteiger partial charge >= 0.3 is 6.09 Å². The fourth-order valence-electron chi connectivity index (χ4n) is 3.19. The van der Waals surface area contributed by atoms with E-state index in [9.17, 15) is 9.90 Å². The van der Waals surface area contributed by atoms with Crippen molar-refractivity contribution < 1.29 is 14.6 Å². The minimum Gasteiger partial charge on any atom is -0.444 e. The molecule has 2 unspecified atom stereocenters. The molecule has 0 heterocycles. The van der Waals surface area contributed by atoms with Gasteiger partial charge in [0.05, 0.1) is 12.1 Å². The lowest BCUT2D eigenvalue weighted by atomic mass is 10.0. The maximum absolute atomic E-state index is 12.2. The summed E-state index contributed by atoms with van der Waals surface area (Å²) < 4.78 is 5.38. The quantitative estimate of drug-likeness (QED) is 0.730. The highest BCUT2D eigenvalue weighted by molar-refractivity contribution is 7.99. The summed E-state index contributed by atoms with van der Waals surface area (Å²) in [5, 5.41) is 14.3. The molecule has 2 N–H and O–H groups in total. The van der Waals surface area contributed by atoms with Gasteiger partial charge in [0, 0.05) is 11.0 Å². The summed E-state index contributed by atoms with van der Waals surface area (Å²) >= 11 is 1.84. The van der Waals surface area contributed by atoms with Crippen LogP contribution < -0.4 is 5.32 Å². The van der Waals surface area contributed by atoms with Crippen molar-refractivity contribution in [1.29, 1.82) is 0 Å². The topological polar surface area (TPSA) is 58.6 Å². The van der Waals surface area contributed by atoms with E-state index in [1.807, 2.05) is 62.9 Å². The number of amides is 1. The Morgan fingerprint density at radius 1 is 1.23 bits per heavy atom. The van der Waals surface area contributed by atoms with E-state index in [0.29, 0.717) is 17.4 Å². The Labute approximate surface area is 162 Å². The molecule has 1 aliphatic carbocycles. The first-order valence-corrected chi connectivity index (χ1v) is 10.7. The second-order valence-electron chi connectivity index (χ2n) is 8.10. The van der Waals surface area contributed by atoms with Gasteiger partial charge in [-0.05, 0) is 45.6 Å². The van der Waals surface area contributed by atoms with Gasteiger partial charge in [-0.3, -0.25) is 0 Å². The summed E-state index contributed by atoms with van der Waals surface area (Å²) in [7, 11) is 0. The van der Waals surface area contributed by atoms with E-state index in [4.69, 9.17) is 4.74 Å². The predicted octanol–water partition coefficient (Wildman–Crippen LogP) is 4.55. The maximum Gasteiger partial charge on any atom is 0.407 e. The van der Waals surface area contributed by atoms with Gasteiger partial charge in [0.25, 0.3) is 0 Å². The third kappa shape index (κ3) is 8.00. The van der Waals surface area contributed by atoms with Gasteiger partial charge in [-0.15, -0.1) is 0 Å². The van der Waals surface area contributed by atoms with Gasteiger partial charge in [-0.2, -0.15) is 11.8 Å². The zero-order chi connectivity index (χ0) is 19.0. The third-order valence-corrected chi connectivity index (χ3v) is 6.00. The van der Waals surface area contributed by atoms with Crippen LogP contribution in [0.5, 0.6) is 0 Å². The van der Waals surface area contributed by atoms with E-state index in [1.165, 1.54) is 32.1 Å². The van der Waals surface area contributed by atoms with Crippen LogP contribution in [0, 0.1) is 0 Å². The largest absolute Gasteiger partial charge is 0.444 e. The molecule has 2 rings (SSSR count). The second-order valence-corrected chi connectivity index (χ2v) is 9.44. The third-order valence-electron chi connectivity index (χ3n) is 4.52. The van der Waals surface area contributed by atoms with E-state index in [0.717, 1.165) is 5.56 Å². The van der Waals surface area contributed by atoms with Crippen LogP contribution in [0.25, 0.3) is 0 Å². The number of aliphatic hydroxyl groups is 1. The monoisotopic (exact) mass is 379 g/mol. The second kappa shape index (κ2) is 10.2. The summed E-state index contributed by atoms with van der Waals surface area (Å²) in [5.41, 5.74) is 0.540. The van der Waals surface area contributed by atoms with Gasteiger partial charge in [-0.25, -0.2) is 4.79 Å². The molecule has 1 aliphatic rings. The fraction of sp³-hybridized carbons (Fsp3) is 0.667. The lowest BCUT2D eigenvalue weighted by Gasteiger charge is -2.28. The molecule has 1 amide bonds. The van der Waals surface area contributed by atoms with E-state index in [-0.39, 0.29) is 6.04 Å². The Hall–Kier alpha value is -1.20. The van der Waals surface area contributed by atoms with Gasteiger partial charge in [0.2, 0.25) is 0 Å². The van der Waals surface area contributed by atoms with E-state index in [1.54, 1.807) is 0 Å². The van der Waals surface area contributed by atoms with Gasteiger partial charge in [0.15, 0.2) is 0 Å². The number of hydrogen-bond donors (Lipinski definition) is 2. The molecule has 0 aliphatic heterocycles. The lowest BCUT2D eigenvalue weighted by molar-refractivity contribution is 0.0441. The summed E-state index contributed by atoms with van der Waals surface area (Å²) in [6.45, 7) is 5.52. The molecule has 5 heteroatoms. The molecule has 1 aromatic carbocycles. The van der Waals surface area contributed by atoms with Crippen molar-refractivity contribution in [1.82, 2.24) is 5.32 Å². The molecule has 146 valence electrons. The normalized spacial score (nSPS) is 18.2. The Kier molecular flexibility index (Phi) is 8.29. The minimum absolute atomic E-state index is 0.358. The number of benzene rings is 1. The highest BCUT2D eigenvalue weighted by atomic mass is 32.2. The first kappa shape index (κ1) is 21.1. The highest BCUT2D eigenvalue weighted by Gasteiger charge is 2.26. The van der Waals surface area contributed by atoms with Crippen LogP contribution in [0.1, 0.15) is 58.4 Å². The molecule has 0 saturated heterocycles. The number of alkyl carbamates (subject to hydrolysis) is 1. The van der Waals surface area contributed by atoms with Crippen LogP contribution in [0.15, 0.2) is 30.3 Å². The molecular weight excluding hydrogens is 346 g/mol. The van der Waals surface area contributed by atoms with E-state index >= 15 is 0 Å². The zero-order valence-electron chi connectivity index (χ0n) is 16.2.